The molecule has 13 heteroatoms. The Kier molecular flexibility index (Phi) is 9.16. The summed E-state index contributed by atoms with van der Waals surface area (Å²) >= 11 is 0. The molecule has 0 aliphatic carbocycles. The molecule has 0 bridgehead atoms. The van der Waals surface area contributed by atoms with E-state index in [9.17, 15) is 28.8 Å². The van der Waals surface area contributed by atoms with Crippen LogP contribution in [0.3, 0.4) is 0 Å². The number of ketones is 1. The molecule has 2 aliphatic rings. The van der Waals surface area contributed by atoms with E-state index in [1.54, 1.807) is 53.4 Å². The average Bonchev–Trinajstić information content (AvgIpc) is 3.33. The van der Waals surface area contributed by atoms with Crippen LogP contribution < -0.4 is 21.7 Å². The van der Waals surface area contributed by atoms with Gasteiger partial charge in [-0.25, -0.2) is 4.98 Å². The molecule has 2 aliphatic heterocycles. The number of nitrogens with two attached hydrogens (primary N) is 1. The number of amides is 5. The molecule has 5 amide bonds. The Morgan fingerprint density at radius 1 is 0.978 bits per heavy atom. The molecule has 0 saturated carbocycles. The van der Waals surface area contributed by atoms with Crippen molar-refractivity contribution in [1.29, 1.82) is 0 Å². The first kappa shape index (κ1) is 31.2. The maximum absolute atomic E-state index is 13.7. The van der Waals surface area contributed by atoms with Crippen molar-refractivity contribution in [3.05, 3.63) is 72.1 Å². The monoisotopic (exact) mass is 613 g/mol. The predicted octanol–water partition coefficient (Wildman–Crippen LogP) is 0.417. The van der Waals surface area contributed by atoms with Gasteiger partial charge >= 0.3 is 0 Å². The van der Waals surface area contributed by atoms with Crippen LogP contribution in [0, 0.1) is 5.92 Å². The average molecular weight is 614 g/mol. The van der Waals surface area contributed by atoms with E-state index in [0.29, 0.717) is 43.4 Å². The lowest BCUT2D eigenvalue weighted by atomic mass is 9.81. The van der Waals surface area contributed by atoms with Gasteiger partial charge < -0.3 is 26.6 Å². The highest BCUT2D eigenvalue weighted by molar-refractivity contribution is 6.38. The highest BCUT2D eigenvalue weighted by Gasteiger charge is 2.47. The van der Waals surface area contributed by atoms with Crippen LogP contribution >= 0.6 is 0 Å². The van der Waals surface area contributed by atoms with Gasteiger partial charge in [0.2, 0.25) is 23.5 Å². The third-order valence-electron chi connectivity index (χ3n) is 8.54. The standard InChI is InChI=1S/C32H35N7O6/c1-19(40)39-13-11-32(12-14-39)17-21(29(43)38-32)16-24(27(41)28(33)42)36-30(44)25(15-20-7-3-2-4-8-20)37-31(45)26-18-34-22-9-5-6-10-23(22)35-26/h2-10,18,21,24-25H,11-17H2,1H3,(H2,33,42)(H,36,44)(H,37,45)(H,38,43)/t21?,24?,25-/m0/s1. The summed E-state index contributed by atoms with van der Waals surface area (Å²) in [6.45, 7) is 2.48. The molecule has 5 N–H and O–H groups in total. The molecule has 2 fully saturated rings. The third kappa shape index (κ3) is 7.31. The third-order valence-corrected chi connectivity index (χ3v) is 8.54. The minimum Gasteiger partial charge on any atom is -0.363 e. The van der Waals surface area contributed by atoms with E-state index in [-0.39, 0.29) is 30.3 Å². The zero-order chi connectivity index (χ0) is 32.1. The van der Waals surface area contributed by atoms with Crippen molar-refractivity contribution in [2.24, 2.45) is 11.7 Å². The number of carbonyl (C=O) groups excluding carboxylic acids is 6. The minimum absolute atomic E-state index is 0.00642. The van der Waals surface area contributed by atoms with Gasteiger partial charge in [-0.05, 0) is 43.4 Å². The summed E-state index contributed by atoms with van der Waals surface area (Å²) in [6.07, 6.45) is 2.71. The predicted molar refractivity (Wildman–Crippen MR) is 162 cm³/mol. The van der Waals surface area contributed by atoms with Gasteiger partial charge in [-0.15, -0.1) is 0 Å². The normalized spacial score (nSPS) is 18.6. The zero-order valence-electron chi connectivity index (χ0n) is 24.8. The molecule has 0 radical (unpaired) electrons. The van der Waals surface area contributed by atoms with E-state index < -0.39 is 47.0 Å². The summed E-state index contributed by atoms with van der Waals surface area (Å²) in [7, 11) is 0. The number of fused-ring (bicyclic) bond motifs is 1. The van der Waals surface area contributed by atoms with Gasteiger partial charge in [-0.2, -0.15) is 0 Å². The lowest BCUT2D eigenvalue weighted by Gasteiger charge is -2.39. The second-order valence-corrected chi connectivity index (χ2v) is 11.7. The van der Waals surface area contributed by atoms with Crippen LogP contribution in [0.2, 0.25) is 0 Å². The number of primary amides is 1. The van der Waals surface area contributed by atoms with Crippen LogP contribution in [-0.4, -0.2) is 80.9 Å². The summed E-state index contributed by atoms with van der Waals surface area (Å²) in [5.41, 5.74) is 6.63. The van der Waals surface area contributed by atoms with Gasteiger partial charge in [-0.1, -0.05) is 42.5 Å². The summed E-state index contributed by atoms with van der Waals surface area (Å²) < 4.78 is 0. The molecule has 1 spiro atoms. The van der Waals surface area contributed by atoms with Gasteiger partial charge in [0.1, 0.15) is 11.7 Å². The van der Waals surface area contributed by atoms with Gasteiger partial charge in [0.05, 0.1) is 23.3 Å². The van der Waals surface area contributed by atoms with Gasteiger partial charge in [0.15, 0.2) is 0 Å². The number of benzene rings is 2. The van der Waals surface area contributed by atoms with Gasteiger partial charge in [0.25, 0.3) is 11.8 Å². The van der Waals surface area contributed by atoms with Crippen molar-refractivity contribution in [3.63, 3.8) is 0 Å². The number of Topliss-reactive ketones (excluding diaryl/α,β-unsaturated/α-hetero) is 1. The lowest BCUT2D eigenvalue weighted by Crippen LogP contribution is -2.54. The van der Waals surface area contributed by atoms with Crippen molar-refractivity contribution in [1.82, 2.24) is 30.8 Å². The highest BCUT2D eigenvalue weighted by Crippen LogP contribution is 2.36. The number of hydrogen-bond donors (Lipinski definition) is 4. The Bertz CT molecular complexity index is 1640. The molecule has 13 nitrogen and oxygen atoms in total. The number of hydrogen-bond acceptors (Lipinski definition) is 8. The van der Waals surface area contributed by atoms with Crippen LogP contribution in [0.25, 0.3) is 11.0 Å². The van der Waals surface area contributed by atoms with Crippen LogP contribution in [-0.2, 0) is 30.4 Å². The van der Waals surface area contributed by atoms with E-state index in [1.165, 1.54) is 13.1 Å². The quantitative estimate of drug-likeness (QED) is 0.236. The molecule has 45 heavy (non-hydrogen) atoms. The molecule has 3 heterocycles. The summed E-state index contributed by atoms with van der Waals surface area (Å²) in [4.78, 5) is 87.1. The first-order valence-corrected chi connectivity index (χ1v) is 14.8. The molecule has 2 saturated heterocycles. The van der Waals surface area contributed by atoms with Crippen molar-refractivity contribution >= 4 is 46.4 Å². The van der Waals surface area contributed by atoms with E-state index in [2.05, 4.69) is 25.9 Å². The van der Waals surface area contributed by atoms with E-state index in [4.69, 9.17) is 5.73 Å². The van der Waals surface area contributed by atoms with Crippen molar-refractivity contribution in [3.8, 4) is 0 Å². The second-order valence-electron chi connectivity index (χ2n) is 11.7. The number of piperidine rings is 1. The second kappa shape index (κ2) is 13.2. The van der Waals surface area contributed by atoms with Crippen LogP contribution in [0.1, 0.15) is 48.7 Å². The topological polar surface area (TPSA) is 194 Å². The fraction of sp³-hybridized carbons (Fsp3) is 0.375. The molecular weight excluding hydrogens is 578 g/mol. The smallest absolute Gasteiger partial charge is 0.287 e. The molecule has 2 aromatic carbocycles. The highest BCUT2D eigenvalue weighted by atomic mass is 16.2. The summed E-state index contributed by atoms with van der Waals surface area (Å²) in [5.74, 6) is -4.71. The Labute approximate surface area is 259 Å². The number of para-hydroxylation sites is 2. The molecule has 5 rings (SSSR count). The van der Waals surface area contributed by atoms with Crippen LogP contribution in [0.15, 0.2) is 60.8 Å². The largest absolute Gasteiger partial charge is 0.363 e. The van der Waals surface area contributed by atoms with Gasteiger partial charge in [-0.3, -0.25) is 33.8 Å². The molecule has 3 aromatic rings. The van der Waals surface area contributed by atoms with Crippen molar-refractivity contribution < 1.29 is 28.8 Å². The molecule has 3 atom stereocenters. The first-order chi connectivity index (χ1) is 21.5. The number of aromatic nitrogens is 2. The van der Waals surface area contributed by atoms with E-state index in [0.717, 1.165) is 5.56 Å². The lowest BCUT2D eigenvalue weighted by molar-refractivity contribution is -0.139. The van der Waals surface area contributed by atoms with Crippen molar-refractivity contribution in [2.45, 2.75) is 56.7 Å². The van der Waals surface area contributed by atoms with Gasteiger partial charge in [0, 0.05) is 37.9 Å². The maximum Gasteiger partial charge on any atom is 0.287 e. The maximum atomic E-state index is 13.7. The SMILES string of the molecule is CC(=O)N1CCC2(CC1)CC(CC(NC(=O)[C@H](Cc1ccccc1)NC(=O)c1cnc3ccccc3n1)C(=O)C(N)=O)C(=O)N2. The molecule has 2 unspecified atom stereocenters. The number of carbonyl (C=O) groups is 6. The van der Waals surface area contributed by atoms with Crippen LogP contribution in [0.4, 0.5) is 0 Å². The molecule has 1 aromatic heterocycles. The first-order valence-electron chi connectivity index (χ1n) is 14.8. The van der Waals surface area contributed by atoms with E-state index >= 15 is 0 Å². The molecular formula is C32H35N7O6. The Morgan fingerprint density at radius 3 is 2.31 bits per heavy atom. The number of likely N-dealkylation sites (tertiary alicyclic amines) is 1. The fourth-order valence-corrected chi connectivity index (χ4v) is 6.07. The minimum atomic E-state index is -1.39. The fourth-order valence-electron chi connectivity index (χ4n) is 6.07. The van der Waals surface area contributed by atoms with Crippen LogP contribution in [0.5, 0.6) is 0 Å². The number of nitrogens with one attached hydrogen (secondary N) is 3. The summed E-state index contributed by atoms with van der Waals surface area (Å²) in [6, 6.07) is 13.4. The summed E-state index contributed by atoms with van der Waals surface area (Å²) in [5, 5.41) is 8.31. The Balaban J connectivity index is 1.33. The Morgan fingerprint density at radius 2 is 1.64 bits per heavy atom. The zero-order valence-corrected chi connectivity index (χ0v) is 24.8. The number of rotatable bonds is 10. The van der Waals surface area contributed by atoms with Crippen molar-refractivity contribution in [2.75, 3.05) is 13.1 Å². The van der Waals surface area contributed by atoms with E-state index in [1.807, 2.05) is 6.07 Å². The molecule has 234 valence electrons. The Hall–Kier alpha value is -5.20. The number of nitrogens with zero attached hydrogens (tertiary/aromatic N) is 3.